The monoisotopic (exact) mass is 366 g/mol. The first kappa shape index (κ1) is 17.7. The standard InChI is InChI=1S/C21H23FN4O/c1-26(20(27)10-15-11-23-19-5-3-2-4-18(15)19)13-16-12-24-25-21(16)14-6-8-17(22)9-7-14/h2-9,11,16,21,23-25H,10,12-13H2,1H3. The second kappa shape index (κ2) is 7.50. The number of likely N-dealkylation sites (N-methyl/N-ethyl adjacent to an activating group) is 1. The van der Waals surface area contributed by atoms with E-state index in [1.165, 1.54) is 12.1 Å². The maximum atomic E-state index is 13.2. The fourth-order valence-electron chi connectivity index (χ4n) is 3.76. The molecule has 6 heteroatoms. The molecule has 0 spiro atoms. The summed E-state index contributed by atoms with van der Waals surface area (Å²) in [4.78, 5) is 17.8. The summed E-state index contributed by atoms with van der Waals surface area (Å²) in [5.74, 6) is 0.0594. The molecule has 2 unspecified atom stereocenters. The number of rotatable bonds is 5. The first-order valence-corrected chi connectivity index (χ1v) is 9.14. The lowest BCUT2D eigenvalue weighted by atomic mass is 9.94. The lowest BCUT2D eigenvalue weighted by Crippen LogP contribution is -2.35. The third-order valence-corrected chi connectivity index (χ3v) is 5.27. The van der Waals surface area contributed by atoms with Crippen LogP contribution in [0.4, 0.5) is 4.39 Å². The molecule has 0 saturated carbocycles. The van der Waals surface area contributed by atoms with Crippen LogP contribution in [-0.2, 0) is 11.2 Å². The molecule has 5 nitrogen and oxygen atoms in total. The van der Waals surface area contributed by atoms with Crippen LogP contribution in [-0.4, -0.2) is 35.9 Å². The highest BCUT2D eigenvalue weighted by Crippen LogP contribution is 2.26. The molecule has 1 aromatic heterocycles. The van der Waals surface area contributed by atoms with Crippen LogP contribution in [0.2, 0.25) is 0 Å². The molecule has 27 heavy (non-hydrogen) atoms. The topological polar surface area (TPSA) is 60.2 Å². The molecule has 1 aliphatic rings. The molecule has 0 radical (unpaired) electrons. The quantitative estimate of drug-likeness (QED) is 0.651. The molecule has 1 amide bonds. The van der Waals surface area contributed by atoms with Gasteiger partial charge in [-0.2, -0.15) is 0 Å². The largest absolute Gasteiger partial charge is 0.361 e. The van der Waals surface area contributed by atoms with E-state index in [0.717, 1.165) is 28.6 Å². The van der Waals surface area contributed by atoms with E-state index in [1.54, 1.807) is 17.0 Å². The molecule has 2 atom stereocenters. The number of para-hydroxylation sites is 1. The number of carbonyl (C=O) groups excluding carboxylic acids is 1. The molecule has 3 N–H and O–H groups in total. The van der Waals surface area contributed by atoms with Gasteiger partial charge in [0.15, 0.2) is 0 Å². The number of carbonyl (C=O) groups is 1. The van der Waals surface area contributed by atoms with Crippen molar-refractivity contribution in [3.63, 3.8) is 0 Å². The summed E-state index contributed by atoms with van der Waals surface area (Å²) in [5, 5.41) is 1.09. The van der Waals surface area contributed by atoms with E-state index in [0.29, 0.717) is 13.0 Å². The minimum Gasteiger partial charge on any atom is -0.361 e. The van der Waals surface area contributed by atoms with Gasteiger partial charge in [0.05, 0.1) is 12.5 Å². The molecule has 0 bridgehead atoms. The van der Waals surface area contributed by atoms with Gasteiger partial charge in [-0.15, -0.1) is 0 Å². The predicted octanol–water partition coefficient (Wildman–Crippen LogP) is 2.77. The van der Waals surface area contributed by atoms with E-state index in [2.05, 4.69) is 15.8 Å². The van der Waals surface area contributed by atoms with Crippen LogP contribution in [0.15, 0.2) is 54.7 Å². The molecule has 0 aliphatic carbocycles. The van der Waals surface area contributed by atoms with Crippen LogP contribution >= 0.6 is 0 Å². The zero-order chi connectivity index (χ0) is 18.8. The van der Waals surface area contributed by atoms with Gasteiger partial charge in [0.25, 0.3) is 0 Å². The fourth-order valence-corrected chi connectivity index (χ4v) is 3.76. The Hall–Kier alpha value is -2.70. The van der Waals surface area contributed by atoms with Crippen molar-refractivity contribution in [2.45, 2.75) is 12.5 Å². The van der Waals surface area contributed by atoms with Crippen LogP contribution in [0, 0.1) is 11.7 Å². The maximum Gasteiger partial charge on any atom is 0.226 e. The number of amides is 1. The minimum absolute atomic E-state index is 0.0499. The van der Waals surface area contributed by atoms with Gasteiger partial charge in [-0.05, 0) is 29.3 Å². The Kier molecular flexibility index (Phi) is 4.92. The van der Waals surface area contributed by atoms with Crippen molar-refractivity contribution in [2.75, 3.05) is 20.1 Å². The zero-order valence-corrected chi connectivity index (χ0v) is 15.2. The Labute approximate surface area is 157 Å². The van der Waals surface area contributed by atoms with Gasteiger partial charge >= 0.3 is 0 Å². The summed E-state index contributed by atoms with van der Waals surface area (Å²) < 4.78 is 13.2. The molecular weight excluding hydrogens is 343 g/mol. The van der Waals surface area contributed by atoms with Gasteiger partial charge in [-0.1, -0.05) is 30.3 Å². The van der Waals surface area contributed by atoms with Gasteiger partial charge in [0, 0.05) is 43.2 Å². The molecule has 3 aromatic rings. The van der Waals surface area contributed by atoms with Crippen molar-refractivity contribution in [2.24, 2.45) is 5.92 Å². The summed E-state index contributed by atoms with van der Waals surface area (Å²) >= 11 is 0. The summed E-state index contributed by atoms with van der Waals surface area (Å²) in [7, 11) is 1.84. The lowest BCUT2D eigenvalue weighted by molar-refractivity contribution is -0.129. The molecule has 1 saturated heterocycles. The van der Waals surface area contributed by atoms with Crippen LogP contribution in [0.3, 0.4) is 0 Å². The molecule has 2 heterocycles. The second-order valence-electron chi connectivity index (χ2n) is 7.13. The van der Waals surface area contributed by atoms with Crippen molar-refractivity contribution in [3.8, 4) is 0 Å². The van der Waals surface area contributed by atoms with Crippen LogP contribution < -0.4 is 10.9 Å². The molecular formula is C21H23FN4O. The number of nitrogens with zero attached hydrogens (tertiary/aromatic N) is 1. The van der Waals surface area contributed by atoms with Crippen molar-refractivity contribution in [1.29, 1.82) is 0 Å². The number of aromatic amines is 1. The first-order valence-electron chi connectivity index (χ1n) is 9.14. The highest BCUT2D eigenvalue weighted by Gasteiger charge is 2.30. The third-order valence-electron chi connectivity index (χ3n) is 5.27. The zero-order valence-electron chi connectivity index (χ0n) is 15.2. The number of aromatic nitrogens is 1. The van der Waals surface area contributed by atoms with Crippen molar-refractivity contribution < 1.29 is 9.18 Å². The SMILES string of the molecule is CN(CC1CNNC1c1ccc(F)cc1)C(=O)Cc1c[nH]c2ccccc12. The average Bonchev–Trinajstić information content (AvgIpc) is 3.30. The number of H-pyrrole nitrogens is 1. The Morgan fingerprint density at radius 3 is 2.78 bits per heavy atom. The number of nitrogens with one attached hydrogen (secondary N) is 3. The summed E-state index contributed by atoms with van der Waals surface area (Å²) in [5.41, 5.74) is 9.48. The maximum absolute atomic E-state index is 13.2. The van der Waals surface area contributed by atoms with E-state index < -0.39 is 0 Å². The normalized spacial score (nSPS) is 19.5. The molecule has 4 rings (SSSR count). The molecule has 140 valence electrons. The van der Waals surface area contributed by atoms with Gasteiger partial charge in [0.1, 0.15) is 5.82 Å². The number of hydrazine groups is 1. The van der Waals surface area contributed by atoms with Crippen LogP contribution in [0.25, 0.3) is 10.9 Å². The lowest BCUT2D eigenvalue weighted by Gasteiger charge is -2.25. The Morgan fingerprint density at radius 2 is 1.96 bits per heavy atom. The van der Waals surface area contributed by atoms with Crippen molar-refractivity contribution in [3.05, 3.63) is 71.7 Å². The summed E-state index contributed by atoms with van der Waals surface area (Å²) in [6.45, 7) is 1.38. The Morgan fingerprint density at radius 1 is 1.19 bits per heavy atom. The third kappa shape index (κ3) is 3.72. The molecule has 2 aromatic carbocycles. The average molecular weight is 366 g/mol. The van der Waals surface area contributed by atoms with Gasteiger partial charge in [0.2, 0.25) is 5.91 Å². The highest BCUT2D eigenvalue weighted by molar-refractivity contribution is 5.88. The Bertz CT molecular complexity index is 937. The number of fused-ring (bicyclic) bond motifs is 1. The molecule has 1 fully saturated rings. The van der Waals surface area contributed by atoms with E-state index in [4.69, 9.17) is 0 Å². The van der Waals surface area contributed by atoms with Crippen molar-refractivity contribution >= 4 is 16.8 Å². The number of hydrogen-bond acceptors (Lipinski definition) is 3. The van der Waals surface area contributed by atoms with E-state index in [-0.39, 0.29) is 23.7 Å². The van der Waals surface area contributed by atoms with Crippen LogP contribution in [0.5, 0.6) is 0 Å². The summed E-state index contributed by atoms with van der Waals surface area (Å²) in [6, 6.07) is 14.6. The van der Waals surface area contributed by atoms with Crippen molar-refractivity contribution in [1.82, 2.24) is 20.7 Å². The first-order chi connectivity index (χ1) is 13.1. The van der Waals surface area contributed by atoms with Crippen LogP contribution in [0.1, 0.15) is 17.2 Å². The predicted molar refractivity (Wildman–Crippen MR) is 103 cm³/mol. The van der Waals surface area contributed by atoms with E-state index >= 15 is 0 Å². The van der Waals surface area contributed by atoms with E-state index in [9.17, 15) is 9.18 Å². The summed E-state index contributed by atoms with van der Waals surface area (Å²) in [6.07, 6.45) is 2.28. The minimum atomic E-state index is -0.243. The number of halogens is 1. The van der Waals surface area contributed by atoms with Gasteiger partial charge in [-0.3, -0.25) is 10.2 Å². The van der Waals surface area contributed by atoms with E-state index in [1.807, 2.05) is 37.5 Å². The number of benzene rings is 2. The molecule has 1 aliphatic heterocycles. The Balaban J connectivity index is 1.42. The number of hydrogen-bond donors (Lipinski definition) is 3. The highest BCUT2D eigenvalue weighted by atomic mass is 19.1. The fraction of sp³-hybridized carbons (Fsp3) is 0.286. The van der Waals surface area contributed by atoms with Gasteiger partial charge in [-0.25, -0.2) is 9.82 Å². The smallest absolute Gasteiger partial charge is 0.226 e. The second-order valence-corrected chi connectivity index (χ2v) is 7.13. The van der Waals surface area contributed by atoms with Gasteiger partial charge < -0.3 is 9.88 Å².